The average molecular weight is 247 g/mol. The number of carbonyl (C=O) groups excluding carboxylic acids is 1. The van der Waals surface area contributed by atoms with Crippen LogP contribution >= 0.6 is 23.4 Å². The molecule has 15 heavy (non-hydrogen) atoms. The zero-order valence-corrected chi connectivity index (χ0v) is 10.00. The third kappa shape index (κ3) is 4.22. The summed E-state index contributed by atoms with van der Waals surface area (Å²) in [5.74, 6) is 1.05. The van der Waals surface area contributed by atoms with Crippen LogP contribution in [-0.2, 0) is 11.2 Å². The van der Waals surface area contributed by atoms with E-state index in [0.717, 1.165) is 5.75 Å². The van der Waals surface area contributed by atoms with Gasteiger partial charge in [0.15, 0.2) is 0 Å². The van der Waals surface area contributed by atoms with Crippen LogP contribution in [0.2, 0.25) is 5.02 Å². The Bertz CT molecular complexity index is 354. The van der Waals surface area contributed by atoms with Crippen molar-refractivity contribution < 1.29 is 9.18 Å². The van der Waals surface area contributed by atoms with Gasteiger partial charge in [0.2, 0.25) is 0 Å². The number of Topliss-reactive ketones (excluding diaryl/α,β-unsaturated/α-hetero) is 1. The maximum atomic E-state index is 13.0. The molecule has 1 nitrogen and oxygen atoms in total. The molecule has 1 aromatic rings. The zero-order chi connectivity index (χ0) is 11.3. The Kier molecular flexibility index (Phi) is 5.12. The van der Waals surface area contributed by atoms with Crippen molar-refractivity contribution in [3.63, 3.8) is 0 Å². The molecule has 0 bridgehead atoms. The van der Waals surface area contributed by atoms with E-state index < -0.39 is 5.82 Å². The Morgan fingerprint density at radius 3 is 2.87 bits per heavy atom. The van der Waals surface area contributed by atoms with Crippen molar-refractivity contribution in [1.29, 1.82) is 0 Å². The predicted molar refractivity (Wildman–Crippen MR) is 63.1 cm³/mol. The zero-order valence-electron chi connectivity index (χ0n) is 8.43. The van der Waals surface area contributed by atoms with Crippen molar-refractivity contribution in [2.24, 2.45) is 0 Å². The first-order valence-corrected chi connectivity index (χ1v) is 6.20. The smallest absolute Gasteiger partial charge is 0.147 e. The molecular weight excluding hydrogens is 235 g/mol. The highest BCUT2D eigenvalue weighted by Gasteiger charge is 2.06. The van der Waals surface area contributed by atoms with Gasteiger partial charge in [0.1, 0.15) is 11.6 Å². The van der Waals surface area contributed by atoms with E-state index >= 15 is 0 Å². The molecule has 0 unspecified atom stereocenters. The van der Waals surface area contributed by atoms with E-state index in [-0.39, 0.29) is 17.2 Å². The third-order valence-corrected chi connectivity index (χ3v) is 3.09. The van der Waals surface area contributed by atoms with Crippen molar-refractivity contribution >= 4 is 29.1 Å². The van der Waals surface area contributed by atoms with Crippen molar-refractivity contribution in [3.05, 3.63) is 34.6 Å². The number of hydrogen-bond donors (Lipinski definition) is 0. The highest BCUT2D eigenvalue weighted by Crippen LogP contribution is 2.16. The van der Waals surface area contributed by atoms with Crippen LogP contribution in [0.1, 0.15) is 12.5 Å². The summed E-state index contributed by atoms with van der Waals surface area (Å²) in [6, 6.07) is 4.48. The molecule has 1 rings (SSSR count). The Morgan fingerprint density at radius 2 is 2.27 bits per heavy atom. The third-order valence-electron chi connectivity index (χ3n) is 1.85. The van der Waals surface area contributed by atoms with E-state index in [1.54, 1.807) is 17.8 Å². The Labute approximate surface area is 98.0 Å². The molecule has 1 aromatic carbocycles. The summed E-state index contributed by atoms with van der Waals surface area (Å²) in [6.07, 6.45) is 0.279. The van der Waals surface area contributed by atoms with E-state index in [0.29, 0.717) is 11.3 Å². The van der Waals surface area contributed by atoms with Gasteiger partial charge in [0, 0.05) is 6.42 Å². The van der Waals surface area contributed by atoms with Crippen molar-refractivity contribution in [2.45, 2.75) is 13.3 Å². The molecule has 0 heterocycles. The SMILES string of the molecule is CCSCC(=O)Cc1ccc(Cl)c(F)c1. The number of rotatable bonds is 5. The maximum absolute atomic E-state index is 13.0. The fourth-order valence-electron chi connectivity index (χ4n) is 1.14. The molecular formula is C11H12ClFOS. The summed E-state index contributed by atoms with van der Waals surface area (Å²) >= 11 is 7.11. The highest BCUT2D eigenvalue weighted by molar-refractivity contribution is 7.99. The number of thioether (sulfide) groups is 1. The fraction of sp³-hybridized carbons (Fsp3) is 0.364. The molecule has 0 saturated heterocycles. The van der Waals surface area contributed by atoms with Gasteiger partial charge in [-0.1, -0.05) is 24.6 Å². The summed E-state index contributed by atoms with van der Waals surface area (Å²) < 4.78 is 13.0. The molecule has 0 N–H and O–H groups in total. The highest BCUT2D eigenvalue weighted by atomic mass is 35.5. The number of benzene rings is 1. The first-order valence-electron chi connectivity index (χ1n) is 4.67. The van der Waals surface area contributed by atoms with Crippen LogP contribution in [-0.4, -0.2) is 17.3 Å². The number of halogens is 2. The number of hydrogen-bond acceptors (Lipinski definition) is 2. The summed E-state index contributed by atoms with van der Waals surface area (Å²) in [5.41, 5.74) is 0.679. The minimum Gasteiger partial charge on any atom is -0.298 e. The maximum Gasteiger partial charge on any atom is 0.147 e. The molecule has 0 spiro atoms. The summed E-state index contributed by atoms with van der Waals surface area (Å²) in [6.45, 7) is 2.00. The average Bonchev–Trinajstić information content (AvgIpc) is 2.20. The Morgan fingerprint density at radius 1 is 1.53 bits per heavy atom. The summed E-state index contributed by atoms with van der Waals surface area (Å²) in [4.78, 5) is 11.4. The van der Waals surface area contributed by atoms with E-state index in [9.17, 15) is 9.18 Å². The first-order chi connectivity index (χ1) is 7.13. The molecule has 0 aromatic heterocycles. The lowest BCUT2D eigenvalue weighted by Gasteiger charge is -2.01. The largest absolute Gasteiger partial charge is 0.298 e. The fourth-order valence-corrected chi connectivity index (χ4v) is 1.80. The minimum atomic E-state index is -0.467. The van der Waals surface area contributed by atoms with Gasteiger partial charge in [-0.2, -0.15) is 11.8 Å². The van der Waals surface area contributed by atoms with Gasteiger partial charge in [-0.25, -0.2) is 4.39 Å². The molecule has 0 aliphatic carbocycles. The van der Waals surface area contributed by atoms with Crippen molar-refractivity contribution in [1.82, 2.24) is 0 Å². The molecule has 0 atom stereocenters. The van der Waals surface area contributed by atoms with Gasteiger partial charge < -0.3 is 0 Å². The van der Waals surface area contributed by atoms with Crippen LogP contribution in [0.3, 0.4) is 0 Å². The second kappa shape index (κ2) is 6.13. The van der Waals surface area contributed by atoms with Crippen molar-refractivity contribution in [2.75, 3.05) is 11.5 Å². The minimum absolute atomic E-state index is 0.0918. The molecule has 0 aliphatic heterocycles. The van der Waals surface area contributed by atoms with E-state index in [1.807, 2.05) is 6.92 Å². The summed E-state index contributed by atoms with van der Waals surface area (Å²) in [5, 5.41) is 0.0918. The lowest BCUT2D eigenvalue weighted by Crippen LogP contribution is -2.06. The predicted octanol–water partition coefficient (Wildman–Crippen LogP) is 3.34. The number of carbonyl (C=O) groups is 1. The van der Waals surface area contributed by atoms with Crippen molar-refractivity contribution in [3.8, 4) is 0 Å². The van der Waals surface area contributed by atoms with E-state index in [1.165, 1.54) is 12.1 Å². The molecule has 4 heteroatoms. The number of ketones is 1. The van der Waals surface area contributed by atoms with Crippen LogP contribution in [0.25, 0.3) is 0 Å². The van der Waals surface area contributed by atoms with Gasteiger partial charge in [-0.05, 0) is 23.4 Å². The van der Waals surface area contributed by atoms with Gasteiger partial charge >= 0.3 is 0 Å². The lowest BCUT2D eigenvalue weighted by atomic mass is 10.1. The quantitative estimate of drug-likeness (QED) is 0.793. The lowest BCUT2D eigenvalue weighted by molar-refractivity contribution is -0.116. The standard InChI is InChI=1S/C11H12ClFOS/c1-2-15-7-9(14)5-8-3-4-10(12)11(13)6-8/h3-4,6H,2,5,7H2,1H3. The molecule has 0 fully saturated rings. The first kappa shape index (κ1) is 12.5. The second-order valence-corrected chi connectivity index (χ2v) is 4.78. The topological polar surface area (TPSA) is 17.1 Å². The summed E-state index contributed by atoms with van der Waals surface area (Å²) in [7, 11) is 0. The monoisotopic (exact) mass is 246 g/mol. The van der Waals surface area contributed by atoms with Crippen LogP contribution < -0.4 is 0 Å². The van der Waals surface area contributed by atoms with Crippen LogP contribution in [0, 0.1) is 5.82 Å². The van der Waals surface area contributed by atoms with Crippen LogP contribution in [0.5, 0.6) is 0 Å². The second-order valence-electron chi connectivity index (χ2n) is 3.10. The van der Waals surface area contributed by atoms with Crippen LogP contribution in [0.15, 0.2) is 18.2 Å². The molecule has 0 aliphatic rings. The van der Waals surface area contributed by atoms with Gasteiger partial charge in [0.05, 0.1) is 10.8 Å². The Hall–Kier alpha value is -0.540. The molecule has 0 saturated carbocycles. The molecule has 82 valence electrons. The Balaban J connectivity index is 2.57. The van der Waals surface area contributed by atoms with E-state index in [2.05, 4.69) is 0 Å². The van der Waals surface area contributed by atoms with Gasteiger partial charge in [0.25, 0.3) is 0 Å². The van der Waals surface area contributed by atoms with E-state index in [4.69, 9.17) is 11.6 Å². The molecule has 0 radical (unpaired) electrons. The van der Waals surface area contributed by atoms with Gasteiger partial charge in [-0.3, -0.25) is 4.79 Å². The van der Waals surface area contributed by atoms with Crippen LogP contribution in [0.4, 0.5) is 4.39 Å². The normalized spacial score (nSPS) is 10.3. The van der Waals surface area contributed by atoms with Gasteiger partial charge in [-0.15, -0.1) is 0 Å². The molecule has 0 amide bonds.